The van der Waals surface area contributed by atoms with Gasteiger partial charge in [-0.1, -0.05) is 0 Å². The number of nitrogens with zero attached hydrogens (tertiary/aromatic N) is 1. The van der Waals surface area contributed by atoms with Crippen molar-refractivity contribution in [3.8, 4) is 0 Å². The van der Waals surface area contributed by atoms with Crippen molar-refractivity contribution in [1.82, 2.24) is 4.90 Å². The summed E-state index contributed by atoms with van der Waals surface area (Å²) in [6, 6.07) is 3.22. The summed E-state index contributed by atoms with van der Waals surface area (Å²) < 4.78 is 26.3. The second-order valence-corrected chi connectivity index (χ2v) is 6.13. The molecule has 1 aromatic rings. The Morgan fingerprint density at radius 3 is 2.63 bits per heavy atom. The monoisotopic (exact) mass is 286 g/mol. The summed E-state index contributed by atoms with van der Waals surface area (Å²) in [5.41, 5.74) is 6.57. The van der Waals surface area contributed by atoms with Crippen LogP contribution in [-0.2, 0) is 0 Å². The third-order valence-electron chi connectivity index (χ3n) is 3.38. The molecule has 2 rings (SSSR count). The van der Waals surface area contributed by atoms with Gasteiger partial charge in [-0.05, 0) is 49.4 Å². The van der Waals surface area contributed by atoms with E-state index in [1.807, 2.05) is 11.8 Å². The Hall–Kier alpha value is -0.650. The first-order valence-electron chi connectivity index (χ1n) is 6.67. The van der Waals surface area contributed by atoms with Crippen LogP contribution in [0.2, 0.25) is 0 Å². The molecule has 0 aliphatic carbocycles. The predicted octanol–water partition coefficient (Wildman–Crippen LogP) is 2.79. The maximum absolute atomic E-state index is 13.1. The van der Waals surface area contributed by atoms with E-state index in [1.54, 1.807) is 0 Å². The van der Waals surface area contributed by atoms with Crippen LogP contribution in [0.3, 0.4) is 0 Å². The molecule has 5 heteroatoms. The van der Waals surface area contributed by atoms with Gasteiger partial charge in [0.1, 0.15) is 11.6 Å². The third kappa shape index (κ3) is 4.75. The maximum Gasteiger partial charge on any atom is 0.126 e. The van der Waals surface area contributed by atoms with Gasteiger partial charge in [-0.15, -0.1) is 0 Å². The van der Waals surface area contributed by atoms with E-state index in [0.29, 0.717) is 5.56 Å². The minimum atomic E-state index is -0.559. The number of hydrogen-bond donors (Lipinski definition) is 1. The van der Waals surface area contributed by atoms with Crippen LogP contribution in [0, 0.1) is 11.6 Å². The molecule has 1 unspecified atom stereocenters. The third-order valence-corrected chi connectivity index (χ3v) is 4.43. The van der Waals surface area contributed by atoms with Gasteiger partial charge in [0.2, 0.25) is 0 Å². The molecule has 1 fully saturated rings. The van der Waals surface area contributed by atoms with Gasteiger partial charge < -0.3 is 10.6 Å². The summed E-state index contributed by atoms with van der Waals surface area (Å²) in [5, 5.41) is 0. The number of hydrogen-bond acceptors (Lipinski definition) is 3. The van der Waals surface area contributed by atoms with E-state index in [2.05, 4.69) is 4.90 Å². The molecule has 1 aliphatic heterocycles. The van der Waals surface area contributed by atoms with Crippen molar-refractivity contribution >= 4 is 11.8 Å². The van der Waals surface area contributed by atoms with E-state index in [1.165, 1.54) is 24.3 Å². The summed E-state index contributed by atoms with van der Waals surface area (Å²) >= 11 is 1.98. The molecule has 1 aliphatic rings. The average Bonchev–Trinajstić information content (AvgIpc) is 2.63. The highest BCUT2D eigenvalue weighted by molar-refractivity contribution is 7.99. The van der Waals surface area contributed by atoms with Crippen LogP contribution in [-0.4, -0.2) is 36.0 Å². The number of rotatable bonds is 4. The number of benzene rings is 1. The van der Waals surface area contributed by atoms with E-state index in [9.17, 15) is 8.78 Å². The second kappa shape index (κ2) is 7.22. The molecule has 1 aromatic carbocycles. The van der Waals surface area contributed by atoms with Gasteiger partial charge in [0.25, 0.3) is 0 Å². The van der Waals surface area contributed by atoms with Crippen LogP contribution in [0.4, 0.5) is 8.78 Å². The van der Waals surface area contributed by atoms with Crippen LogP contribution in [0.1, 0.15) is 24.4 Å². The van der Waals surface area contributed by atoms with Crippen LogP contribution in [0.5, 0.6) is 0 Å². The molecule has 2 nitrogen and oxygen atoms in total. The van der Waals surface area contributed by atoms with Gasteiger partial charge in [0, 0.05) is 24.4 Å². The largest absolute Gasteiger partial charge is 0.324 e. The second-order valence-electron chi connectivity index (χ2n) is 4.91. The summed E-state index contributed by atoms with van der Waals surface area (Å²) in [4.78, 5) is 2.38. The Morgan fingerprint density at radius 1 is 1.16 bits per heavy atom. The maximum atomic E-state index is 13.1. The minimum Gasteiger partial charge on any atom is -0.324 e. The van der Waals surface area contributed by atoms with Crippen molar-refractivity contribution in [3.05, 3.63) is 35.4 Å². The lowest BCUT2D eigenvalue weighted by Gasteiger charge is -2.21. The SMILES string of the molecule is NC(CCN1CCCSCC1)c1cc(F)cc(F)c1. The molecule has 106 valence electrons. The van der Waals surface area contributed by atoms with Crippen molar-refractivity contribution in [2.75, 3.05) is 31.1 Å². The smallest absolute Gasteiger partial charge is 0.126 e. The molecule has 1 saturated heterocycles. The molecule has 0 amide bonds. The van der Waals surface area contributed by atoms with Crippen molar-refractivity contribution in [2.24, 2.45) is 5.73 Å². The van der Waals surface area contributed by atoms with E-state index >= 15 is 0 Å². The van der Waals surface area contributed by atoms with Crippen molar-refractivity contribution < 1.29 is 8.78 Å². The molecule has 0 bridgehead atoms. The summed E-state index contributed by atoms with van der Waals surface area (Å²) in [6.45, 7) is 3.06. The zero-order valence-electron chi connectivity index (χ0n) is 10.9. The van der Waals surface area contributed by atoms with Crippen LogP contribution < -0.4 is 5.73 Å². The first kappa shape index (κ1) is 14.8. The predicted molar refractivity (Wildman–Crippen MR) is 76.3 cm³/mol. The molecule has 1 heterocycles. The Balaban J connectivity index is 1.87. The molecule has 1 atom stereocenters. The van der Waals surface area contributed by atoms with Crippen LogP contribution in [0.25, 0.3) is 0 Å². The minimum absolute atomic E-state index is 0.305. The quantitative estimate of drug-likeness (QED) is 0.923. The number of nitrogens with two attached hydrogens (primary N) is 1. The fourth-order valence-corrected chi connectivity index (χ4v) is 3.22. The lowest BCUT2D eigenvalue weighted by Crippen LogP contribution is -2.29. The highest BCUT2D eigenvalue weighted by Crippen LogP contribution is 2.18. The van der Waals surface area contributed by atoms with Crippen LogP contribution in [0.15, 0.2) is 18.2 Å². The van der Waals surface area contributed by atoms with Gasteiger partial charge in [-0.2, -0.15) is 11.8 Å². The molecule has 0 saturated carbocycles. The van der Waals surface area contributed by atoms with Crippen LogP contribution >= 0.6 is 11.8 Å². The van der Waals surface area contributed by atoms with E-state index in [0.717, 1.165) is 37.9 Å². The zero-order chi connectivity index (χ0) is 13.7. The molecule has 0 spiro atoms. The first-order chi connectivity index (χ1) is 9.15. The fraction of sp³-hybridized carbons (Fsp3) is 0.571. The summed E-state index contributed by atoms with van der Waals surface area (Å²) in [5.74, 6) is 1.26. The normalized spacial score (nSPS) is 19.1. The Kier molecular flexibility index (Phi) is 5.60. The zero-order valence-corrected chi connectivity index (χ0v) is 11.8. The summed E-state index contributed by atoms with van der Waals surface area (Å²) in [6.07, 6.45) is 1.93. The van der Waals surface area contributed by atoms with E-state index in [4.69, 9.17) is 5.73 Å². The molecule has 19 heavy (non-hydrogen) atoms. The Labute approximate surface area is 117 Å². The van der Waals surface area contributed by atoms with Gasteiger partial charge in [0.05, 0.1) is 0 Å². The van der Waals surface area contributed by atoms with Crippen molar-refractivity contribution in [2.45, 2.75) is 18.9 Å². The molecule has 0 radical (unpaired) electrons. The Morgan fingerprint density at radius 2 is 1.89 bits per heavy atom. The molecular formula is C14H20F2N2S. The standard InChI is InChI=1S/C14H20F2N2S/c15-12-8-11(9-13(16)10-12)14(17)2-4-18-3-1-6-19-7-5-18/h8-10,14H,1-7,17H2. The first-order valence-corrected chi connectivity index (χ1v) is 7.82. The van der Waals surface area contributed by atoms with Gasteiger partial charge >= 0.3 is 0 Å². The number of halogens is 2. The van der Waals surface area contributed by atoms with Gasteiger partial charge in [-0.3, -0.25) is 0 Å². The molecular weight excluding hydrogens is 266 g/mol. The highest BCUT2D eigenvalue weighted by atomic mass is 32.2. The molecule has 2 N–H and O–H groups in total. The van der Waals surface area contributed by atoms with Gasteiger partial charge in [-0.25, -0.2) is 8.78 Å². The number of thioether (sulfide) groups is 1. The average molecular weight is 286 g/mol. The van der Waals surface area contributed by atoms with Crippen molar-refractivity contribution in [1.29, 1.82) is 0 Å². The topological polar surface area (TPSA) is 29.3 Å². The lowest BCUT2D eigenvalue weighted by atomic mass is 10.0. The lowest BCUT2D eigenvalue weighted by molar-refractivity contribution is 0.283. The fourth-order valence-electron chi connectivity index (χ4n) is 2.30. The van der Waals surface area contributed by atoms with Gasteiger partial charge in [0.15, 0.2) is 0 Å². The van der Waals surface area contributed by atoms with Crippen molar-refractivity contribution in [3.63, 3.8) is 0 Å². The molecule has 0 aromatic heterocycles. The summed E-state index contributed by atoms with van der Waals surface area (Å²) in [7, 11) is 0. The van der Waals surface area contributed by atoms with E-state index < -0.39 is 11.6 Å². The highest BCUT2D eigenvalue weighted by Gasteiger charge is 2.13. The van der Waals surface area contributed by atoms with E-state index in [-0.39, 0.29) is 6.04 Å². The Bertz CT molecular complexity index is 386.